The Balaban J connectivity index is 2.39. The molecule has 1 rings (SSSR count). The molecule has 0 aromatic carbocycles. The van der Waals surface area contributed by atoms with Crippen LogP contribution in [0.15, 0.2) is 5.51 Å². The number of aryl methyl sites for hydroxylation is 1. The van der Waals surface area contributed by atoms with E-state index in [0.717, 1.165) is 10.6 Å². The van der Waals surface area contributed by atoms with Crippen molar-refractivity contribution in [2.24, 2.45) is 5.92 Å². The summed E-state index contributed by atoms with van der Waals surface area (Å²) in [7, 11) is 0. The third kappa shape index (κ3) is 4.62. The molecule has 0 spiro atoms. The quantitative estimate of drug-likeness (QED) is 0.736. The fraction of sp³-hybridized carbons (Fsp3) is 0.667. The molecule has 5 nitrogen and oxygen atoms in total. The topological polar surface area (TPSA) is 74.2 Å². The van der Waals surface area contributed by atoms with E-state index in [-0.39, 0.29) is 18.7 Å². The molecule has 0 radical (unpaired) electrons. The van der Waals surface area contributed by atoms with Crippen molar-refractivity contribution in [3.63, 3.8) is 0 Å². The first-order valence-corrected chi connectivity index (χ1v) is 6.96. The molecule has 0 aliphatic rings. The fourth-order valence-electron chi connectivity index (χ4n) is 1.59. The highest BCUT2D eigenvalue weighted by Crippen LogP contribution is 2.11. The second-order valence-corrected chi connectivity index (χ2v) is 5.49. The standard InChI is InChI=1S/C12H21N3O2S/c1-8(2)10(4-5-16)15-12(17)13-6-11-9(3)14-7-18-11/h7-8,10,16H,4-6H2,1-3H3,(H2,13,15,17). The number of aliphatic hydroxyl groups excluding tert-OH is 1. The van der Waals surface area contributed by atoms with Crippen molar-refractivity contribution < 1.29 is 9.90 Å². The largest absolute Gasteiger partial charge is 0.396 e. The predicted molar refractivity (Wildman–Crippen MR) is 72.6 cm³/mol. The second kappa shape index (κ2) is 7.33. The van der Waals surface area contributed by atoms with Gasteiger partial charge in [-0.2, -0.15) is 0 Å². The summed E-state index contributed by atoms with van der Waals surface area (Å²) in [6, 6.07) is -0.201. The molecular formula is C12H21N3O2S. The van der Waals surface area contributed by atoms with E-state index < -0.39 is 0 Å². The Hall–Kier alpha value is -1.14. The Bertz CT molecular complexity index is 379. The molecule has 102 valence electrons. The number of carbonyl (C=O) groups excluding carboxylic acids is 1. The van der Waals surface area contributed by atoms with Gasteiger partial charge in [0, 0.05) is 17.5 Å². The Morgan fingerprint density at radius 3 is 2.78 bits per heavy atom. The number of thiazole rings is 1. The minimum absolute atomic E-state index is 0.00226. The Morgan fingerprint density at radius 2 is 2.28 bits per heavy atom. The summed E-state index contributed by atoms with van der Waals surface area (Å²) in [5.41, 5.74) is 2.73. The summed E-state index contributed by atoms with van der Waals surface area (Å²) >= 11 is 1.53. The molecule has 1 unspecified atom stereocenters. The van der Waals surface area contributed by atoms with Crippen molar-refractivity contribution in [2.45, 2.75) is 39.8 Å². The molecule has 0 aliphatic heterocycles. The number of amides is 2. The molecule has 0 aliphatic carbocycles. The van der Waals surface area contributed by atoms with Gasteiger partial charge < -0.3 is 15.7 Å². The maximum absolute atomic E-state index is 11.7. The minimum Gasteiger partial charge on any atom is -0.396 e. The summed E-state index contributed by atoms with van der Waals surface area (Å²) in [5, 5.41) is 14.6. The lowest BCUT2D eigenvalue weighted by molar-refractivity contribution is 0.218. The molecule has 1 heterocycles. The number of hydrogen-bond acceptors (Lipinski definition) is 4. The highest BCUT2D eigenvalue weighted by Gasteiger charge is 2.15. The molecule has 1 aromatic heterocycles. The summed E-state index contributed by atoms with van der Waals surface area (Å²) < 4.78 is 0. The minimum atomic E-state index is -0.199. The zero-order valence-corrected chi connectivity index (χ0v) is 11.9. The number of hydrogen-bond donors (Lipinski definition) is 3. The fourth-order valence-corrected chi connectivity index (χ4v) is 2.30. The van der Waals surface area contributed by atoms with Crippen LogP contribution in [0.5, 0.6) is 0 Å². The average Bonchev–Trinajstić information content (AvgIpc) is 2.71. The van der Waals surface area contributed by atoms with Crippen molar-refractivity contribution in [2.75, 3.05) is 6.61 Å². The van der Waals surface area contributed by atoms with Gasteiger partial charge in [0.25, 0.3) is 0 Å². The van der Waals surface area contributed by atoms with Gasteiger partial charge >= 0.3 is 6.03 Å². The number of nitrogens with zero attached hydrogens (tertiary/aromatic N) is 1. The average molecular weight is 271 g/mol. The van der Waals surface area contributed by atoms with Gasteiger partial charge in [0.1, 0.15) is 0 Å². The van der Waals surface area contributed by atoms with Gasteiger partial charge in [-0.3, -0.25) is 0 Å². The van der Waals surface area contributed by atoms with Gasteiger partial charge in [0.2, 0.25) is 0 Å². The lowest BCUT2D eigenvalue weighted by Crippen LogP contribution is -2.44. The van der Waals surface area contributed by atoms with Crippen LogP contribution in [0.3, 0.4) is 0 Å². The van der Waals surface area contributed by atoms with Crippen molar-refractivity contribution in [3.05, 3.63) is 16.1 Å². The van der Waals surface area contributed by atoms with Crippen LogP contribution in [-0.2, 0) is 6.54 Å². The highest BCUT2D eigenvalue weighted by atomic mass is 32.1. The third-order valence-electron chi connectivity index (χ3n) is 2.82. The highest BCUT2D eigenvalue weighted by molar-refractivity contribution is 7.09. The molecule has 1 atom stereocenters. The Morgan fingerprint density at radius 1 is 1.56 bits per heavy atom. The van der Waals surface area contributed by atoms with E-state index in [4.69, 9.17) is 5.11 Å². The number of aliphatic hydroxyl groups is 1. The van der Waals surface area contributed by atoms with Crippen molar-refractivity contribution in [3.8, 4) is 0 Å². The lowest BCUT2D eigenvalue weighted by atomic mass is 10.0. The molecule has 2 amide bonds. The van der Waals surface area contributed by atoms with Crippen LogP contribution < -0.4 is 10.6 Å². The molecule has 0 fully saturated rings. The Kier molecular flexibility index (Phi) is 6.07. The number of nitrogens with one attached hydrogen (secondary N) is 2. The van der Waals surface area contributed by atoms with E-state index >= 15 is 0 Å². The predicted octanol–water partition coefficient (Wildman–Crippen LogP) is 1.66. The number of rotatable bonds is 6. The molecule has 3 N–H and O–H groups in total. The summed E-state index contributed by atoms with van der Waals surface area (Å²) in [6.07, 6.45) is 0.574. The maximum Gasteiger partial charge on any atom is 0.315 e. The van der Waals surface area contributed by atoms with Crippen LogP contribution in [0.25, 0.3) is 0 Å². The van der Waals surface area contributed by atoms with E-state index in [2.05, 4.69) is 15.6 Å². The SMILES string of the molecule is Cc1ncsc1CNC(=O)NC(CCO)C(C)C. The molecule has 0 bridgehead atoms. The van der Waals surface area contributed by atoms with Gasteiger partial charge in [-0.05, 0) is 19.3 Å². The first-order chi connectivity index (χ1) is 8.54. The normalized spacial score (nSPS) is 12.5. The number of carbonyl (C=O) groups is 1. The van der Waals surface area contributed by atoms with Crippen LogP contribution in [0.2, 0.25) is 0 Å². The lowest BCUT2D eigenvalue weighted by Gasteiger charge is -2.21. The number of aromatic nitrogens is 1. The van der Waals surface area contributed by atoms with Crippen molar-refractivity contribution in [1.29, 1.82) is 0 Å². The zero-order chi connectivity index (χ0) is 13.5. The molecule has 0 saturated carbocycles. The van der Waals surface area contributed by atoms with E-state index in [0.29, 0.717) is 18.9 Å². The van der Waals surface area contributed by atoms with E-state index in [1.165, 1.54) is 11.3 Å². The van der Waals surface area contributed by atoms with Gasteiger partial charge in [-0.1, -0.05) is 13.8 Å². The molecule has 18 heavy (non-hydrogen) atoms. The van der Waals surface area contributed by atoms with Crippen LogP contribution in [0.4, 0.5) is 4.79 Å². The van der Waals surface area contributed by atoms with Crippen LogP contribution >= 0.6 is 11.3 Å². The monoisotopic (exact) mass is 271 g/mol. The number of urea groups is 1. The summed E-state index contributed by atoms with van der Waals surface area (Å²) in [6.45, 7) is 6.54. The molecule has 6 heteroatoms. The van der Waals surface area contributed by atoms with Crippen molar-refractivity contribution in [1.82, 2.24) is 15.6 Å². The van der Waals surface area contributed by atoms with Crippen molar-refractivity contribution >= 4 is 17.4 Å². The third-order valence-corrected chi connectivity index (χ3v) is 3.75. The molecule has 1 aromatic rings. The van der Waals surface area contributed by atoms with Crippen LogP contribution in [-0.4, -0.2) is 28.8 Å². The maximum atomic E-state index is 11.7. The summed E-state index contributed by atoms with van der Waals surface area (Å²) in [5.74, 6) is 0.299. The van der Waals surface area contributed by atoms with E-state index in [9.17, 15) is 4.79 Å². The van der Waals surface area contributed by atoms with Crippen LogP contribution in [0.1, 0.15) is 30.8 Å². The van der Waals surface area contributed by atoms with Gasteiger partial charge in [0.15, 0.2) is 0 Å². The van der Waals surface area contributed by atoms with Gasteiger partial charge in [-0.15, -0.1) is 11.3 Å². The second-order valence-electron chi connectivity index (χ2n) is 4.55. The van der Waals surface area contributed by atoms with E-state index in [1.807, 2.05) is 20.8 Å². The first-order valence-electron chi connectivity index (χ1n) is 6.08. The smallest absolute Gasteiger partial charge is 0.315 e. The van der Waals surface area contributed by atoms with Gasteiger partial charge in [-0.25, -0.2) is 9.78 Å². The molecule has 0 saturated heterocycles. The van der Waals surface area contributed by atoms with Gasteiger partial charge in [0.05, 0.1) is 17.7 Å². The first kappa shape index (κ1) is 14.9. The molecular weight excluding hydrogens is 250 g/mol. The Labute approximate surface area is 112 Å². The zero-order valence-electron chi connectivity index (χ0n) is 11.1. The summed E-state index contributed by atoms with van der Waals surface area (Å²) in [4.78, 5) is 16.9. The van der Waals surface area contributed by atoms with Crippen LogP contribution in [0, 0.1) is 12.8 Å². The van der Waals surface area contributed by atoms with E-state index in [1.54, 1.807) is 5.51 Å².